The van der Waals surface area contributed by atoms with Gasteiger partial charge in [0.15, 0.2) is 0 Å². The summed E-state index contributed by atoms with van der Waals surface area (Å²) < 4.78 is 28.7. The Morgan fingerprint density at radius 1 is 0.829 bits per heavy atom. The van der Waals surface area contributed by atoms with Crippen LogP contribution in [0, 0.1) is 6.92 Å². The lowest BCUT2D eigenvalue weighted by atomic mass is 10.1. The molecule has 0 radical (unpaired) electrons. The summed E-state index contributed by atoms with van der Waals surface area (Å²) in [5.41, 5.74) is 5.74. The van der Waals surface area contributed by atoms with Crippen LogP contribution in [0.2, 0.25) is 0 Å². The van der Waals surface area contributed by atoms with Crippen LogP contribution in [0.3, 0.4) is 0 Å². The number of rotatable bonds is 8. The molecular formula is C28H25N3O3S. The number of benzene rings is 4. The van der Waals surface area contributed by atoms with Gasteiger partial charge in [0.25, 0.3) is 15.9 Å². The minimum Gasteiger partial charge on any atom is -0.267 e. The third-order valence-corrected chi connectivity index (χ3v) is 7.15. The summed E-state index contributed by atoms with van der Waals surface area (Å²) in [6.07, 6.45) is 1.54. The second kappa shape index (κ2) is 10.8. The molecule has 0 aliphatic heterocycles. The number of sulfonamides is 1. The van der Waals surface area contributed by atoms with Gasteiger partial charge in [-0.25, -0.2) is 13.8 Å². The van der Waals surface area contributed by atoms with Crippen molar-refractivity contribution in [3.8, 4) is 0 Å². The molecule has 4 aromatic carbocycles. The van der Waals surface area contributed by atoms with Gasteiger partial charge in [-0.3, -0.25) is 9.10 Å². The fourth-order valence-corrected chi connectivity index (χ4v) is 5.02. The van der Waals surface area contributed by atoms with Crippen LogP contribution in [0.4, 0.5) is 5.69 Å². The Labute approximate surface area is 205 Å². The third kappa shape index (κ3) is 5.83. The van der Waals surface area contributed by atoms with E-state index in [1.165, 1.54) is 4.31 Å². The van der Waals surface area contributed by atoms with Crippen LogP contribution in [-0.4, -0.2) is 20.5 Å². The molecule has 35 heavy (non-hydrogen) atoms. The summed E-state index contributed by atoms with van der Waals surface area (Å²) in [5, 5.41) is 4.06. The number of anilines is 1. The molecule has 0 unspecified atom stereocenters. The topological polar surface area (TPSA) is 78.8 Å². The first kappa shape index (κ1) is 23.9. The molecule has 0 saturated carbocycles. The second-order valence-corrected chi connectivity index (χ2v) is 9.80. The fraction of sp³-hybridized carbons (Fsp3) is 0.0714. The predicted molar refractivity (Wildman–Crippen MR) is 139 cm³/mol. The molecule has 0 saturated heterocycles. The van der Waals surface area contributed by atoms with Crippen LogP contribution in [0.1, 0.15) is 27.0 Å². The Balaban J connectivity index is 1.69. The number of carbonyl (C=O) groups is 1. The maximum absolute atomic E-state index is 13.7. The van der Waals surface area contributed by atoms with Crippen LogP contribution in [0.25, 0.3) is 0 Å². The molecule has 0 heterocycles. The van der Waals surface area contributed by atoms with E-state index >= 15 is 0 Å². The Bertz CT molecular complexity index is 1420. The van der Waals surface area contributed by atoms with Gasteiger partial charge in [-0.15, -0.1) is 0 Å². The summed E-state index contributed by atoms with van der Waals surface area (Å²) >= 11 is 0. The van der Waals surface area contributed by atoms with E-state index in [0.717, 1.165) is 16.7 Å². The quantitative estimate of drug-likeness (QED) is 0.278. The van der Waals surface area contributed by atoms with E-state index in [9.17, 15) is 13.2 Å². The van der Waals surface area contributed by atoms with Gasteiger partial charge in [-0.05, 0) is 42.3 Å². The smallest absolute Gasteiger partial charge is 0.267 e. The first-order valence-corrected chi connectivity index (χ1v) is 12.5. The first-order chi connectivity index (χ1) is 16.9. The number of nitrogens with one attached hydrogen (secondary N) is 1. The van der Waals surface area contributed by atoms with Crippen molar-refractivity contribution in [1.29, 1.82) is 0 Å². The van der Waals surface area contributed by atoms with Crippen molar-refractivity contribution in [3.05, 3.63) is 131 Å². The van der Waals surface area contributed by atoms with Crippen LogP contribution in [0.15, 0.2) is 119 Å². The van der Waals surface area contributed by atoms with E-state index in [2.05, 4.69) is 10.5 Å². The number of para-hydroxylation sites is 1. The summed E-state index contributed by atoms with van der Waals surface area (Å²) in [4.78, 5) is 13.2. The van der Waals surface area contributed by atoms with Crippen LogP contribution < -0.4 is 9.73 Å². The first-order valence-electron chi connectivity index (χ1n) is 11.1. The SMILES string of the molecule is Cc1ccc(/C=N/NC(=O)c2ccccc2N(Cc2ccccc2)S(=O)(=O)c2ccccc2)cc1. The number of carbonyl (C=O) groups excluding carboxylic acids is 1. The lowest BCUT2D eigenvalue weighted by molar-refractivity contribution is 0.0956. The molecular weight excluding hydrogens is 458 g/mol. The van der Waals surface area contributed by atoms with Gasteiger partial charge >= 0.3 is 0 Å². The zero-order valence-electron chi connectivity index (χ0n) is 19.2. The average Bonchev–Trinajstić information content (AvgIpc) is 2.89. The highest BCUT2D eigenvalue weighted by atomic mass is 32.2. The zero-order chi connectivity index (χ0) is 24.7. The van der Waals surface area contributed by atoms with Crippen molar-refractivity contribution in [2.45, 2.75) is 18.4 Å². The van der Waals surface area contributed by atoms with E-state index in [1.807, 2.05) is 61.5 Å². The van der Waals surface area contributed by atoms with Crippen molar-refractivity contribution in [2.24, 2.45) is 5.10 Å². The molecule has 0 aliphatic carbocycles. The number of amides is 1. The van der Waals surface area contributed by atoms with Crippen molar-refractivity contribution < 1.29 is 13.2 Å². The summed E-state index contributed by atoms with van der Waals surface area (Å²) in [6, 6.07) is 31.8. The van der Waals surface area contributed by atoms with E-state index in [0.29, 0.717) is 0 Å². The molecule has 0 aromatic heterocycles. The lowest BCUT2D eigenvalue weighted by Crippen LogP contribution is -2.33. The molecule has 7 heteroatoms. The van der Waals surface area contributed by atoms with Crippen molar-refractivity contribution >= 4 is 27.8 Å². The van der Waals surface area contributed by atoms with Crippen LogP contribution in [0.5, 0.6) is 0 Å². The predicted octanol–water partition coefficient (Wildman–Crippen LogP) is 5.15. The highest BCUT2D eigenvalue weighted by Crippen LogP contribution is 2.29. The minimum atomic E-state index is -3.96. The van der Waals surface area contributed by atoms with Crippen molar-refractivity contribution in [2.75, 3.05) is 4.31 Å². The Morgan fingerprint density at radius 2 is 1.43 bits per heavy atom. The lowest BCUT2D eigenvalue weighted by Gasteiger charge is -2.26. The minimum absolute atomic E-state index is 0.0645. The van der Waals surface area contributed by atoms with Gasteiger partial charge in [0, 0.05) is 0 Å². The molecule has 176 valence electrons. The molecule has 4 rings (SSSR count). The monoisotopic (exact) mass is 483 g/mol. The Hall–Kier alpha value is -4.23. The van der Waals surface area contributed by atoms with Crippen LogP contribution in [-0.2, 0) is 16.6 Å². The molecule has 0 atom stereocenters. The molecule has 4 aromatic rings. The maximum atomic E-state index is 13.7. The molecule has 0 fully saturated rings. The number of nitrogens with zero attached hydrogens (tertiary/aromatic N) is 2. The molecule has 1 N–H and O–H groups in total. The van der Waals surface area contributed by atoms with E-state index in [4.69, 9.17) is 0 Å². The maximum Gasteiger partial charge on any atom is 0.273 e. The number of hydrogen-bond acceptors (Lipinski definition) is 4. The largest absolute Gasteiger partial charge is 0.273 e. The third-order valence-electron chi connectivity index (χ3n) is 5.37. The summed E-state index contributed by atoms with van der Waals surface area (Å²) in [7, 11) is -3.96. The molecule has 1 amide bonds. The Kier molecular flexibility index (Phi) is 7.38. The standard InChI is InChI=1S/C28H25N3O3S/c1-22-16-18-23(19-17-22)20-29-30-28(32)26-14-8-9-15-27(26)31(21-24-10-4-2-5-11-24)35(33,34)25-12-6-3-7-13-25/h2-20H,21H2,1H3,(H,30,32)/b29-20+. The van der Waals surface area contributed by atoms with Crippen molar-refractivity contribution in [1.82, 2.24) is 5.43 Å². The summed E-state index contributed by atoms with van der Waals surface area (Å²) in [6.45, 7) is 2.05. The van der Waals surface area contributed by atoms with Crippen molar-refractivity contribution in [3.63, 3.8) is 0 Å². The fourth-order valence-electron chi connectivity index (χ4n) is 3.53. The second-order valence-electron chi connectivity index (χ2n) is 7.94. The van der Waals surface area contributed by atoms with E-state index in [1.54, 1.807) is 60.8 Å². The highest BCUT2D eigenvalue weighted by Gasteiger charge is 2.28. The average molecular weight is 484 g/mol. The van der Waals surface area contributed by atoms with E-state index < -0.39 is 15.9 Å². The van der Waals surface area contributed by atoms with E-state index in [-0.39, 0.29) is 22.7 Å². The molecule has 0 aliphatic rings. The van der Waals surface area contributed by atoms with Gasteiger partial charge in [0.2, 0.25) is 0 Å². The molecule has 0 bridgehead atoms. The van der Waals surface area contributed by atoms with Gasteiger partial charge in [0.1, 0.15) is 0 Å². The summed E-state index contributed by atoms with van der Waals surface area (Å²) in [5.74, 6) is -0.509. The molecule has 6 nitrogen and oxygen atoms in total. The van der Waals surface area contributed by atoms with Crippen LogP contribution >= 0.6 is 0 Å². The van der Waals surface area contributed by atoms with Gasteiger partial charge in [0.05, 0.1) is 28.9 Å². The Morgan fingerprint density at radius 3 is 2.11 bits per heavy atom. The van der Waals surface area contributed by atoms with Gasteiger partial charge < -0.3 is 0 Å². The number of hydrazone groups is 1. The normalized spacial score (nSPS) is 11.3. The van der Waals surface area contributed by atoms with Gasteiger partial charge in [-0.2, -0.15) is 5.10 Å². The number of hydrogen-bond donors (Lipinski definition) is 1. The number of aryl methyl sites for hydroxylation is 1. The molecule has 0 spiro atoms. The zero-order valence-corrected chi connectivity index (χ0v) is 20.0. The highest BCUT2D eigenvalue weighted by molar-refractivity contribution is 7.92. The van der Waals surface area contributed by atoms with Gasteiger partial charge in [-0.1, -0.05) is 90.5 Å².